The fraction of sp³-hybridized carbons (Fsp3) is 0.444. The van der Waals surface area contributed by atoms with E-state index < -0.39 is 5.97 Å². The summed E-state index contributed by atoms with van der Waals surface area (Å²) in [7, 11) is 0. The third kappa shape index (κ3) is 2.24. The van der Waals surface area contributed by atoms with Crippen LogP contribution in [0.25, 0.3) is 0 Å². The van der Waals surface area contributed by atoms with Gasteiger partial charge in [0.2, 0.25) is 0 Å². The van der Waals surface area contributed by atoms with Crippen LogP contribution >= 0.6 is 0 Å². The van der Waals surface area contributed by atoms with Crippen LogP contribution in [-0.4, -0.2) is 21.0 Å². The van der Waals surface area contributed by atoms with Crippen molar-refractivity contribution < 1.29 is 9.90 Å². The first-order valence-electron chi connectivity index (χ1n) is 4.20. The lowest BCUT2D eigenvalue weighted by atomic mass is 10.1. The van der Waals surface area contributed by atoms with Gasteiger partial charge in [-0.25, -0.2) is 9.78 Å². The number of nitrogens with zero attached hydrogens (tertiary/aromatic N) is 2. The molecule has 0 aliphatic heterocycles. The summed E-state index contributed by atoms with van der Waals surface area (Å²) in [5, 5.41) is 8.57. The van der Waals surface area contributed by atoms with Gasteiger partial charge < -0.3 is 5.11 Å². The van der Waals surface area contributed by atoms with Gasteiger partial charge >= 0.3 is 5.97 Å². The molecule has 1 rings (SSSR count). The van der Waals surface area contributed by atoms with Crippen LogP contribution in [0.2, 0.25) is 0 Å². The molecule has 4 nitrogen and oxygen atoms in total. The lowest BCUT2D eigenvalue weighted by Crippen LogP contribution is -2.04. The summed E-state index contributed by atoms with van der Waals surface area (Å²) in [6.07, 6.45) is 3.79. The maximum absolute atomic E-state index is 10.4. The van der Waals surface area contributed by atoms with Crippen molar-refractivity contribution in [3.63, 3.8) is 0 Å². The highest BCUT2D eigenvalue weighted by Crippen LogP contribution is 2.14. The van der Waals surface area contributed by atoms with Gasteiger partial charge in [0, 0.05) is 6.20 Å². The second-order valence-corrected chi connectivity index (χ2v) is 2.94. The van der Waals surface area contributed by atoms with Crippen molar-refractivity contribution in [1.29, 1.82) is 0 Å². The molecule has 70 valence electrons. The second-order valence-electron chi connectivity index (χ2n) is 2.94. The van der Waals surface area contributed by atoms with Gasteiger partial charge in [0.25, 0.3) is 0 Å². The molecular formula is C9H12N2O2. The Morgan fingerprint density at radius 3 is 2.62 bits per heavy atom. The van der Waals surface area contributed by atoms with Gasteiger partial charge in [-0.1, -0.05) is 13.8 Å². The summed E-state index contributed by atoms with van der Waals surface area (Å²) in [5.41, 5.74) is 0.833. The van der Waals surface area contributed by atoms with Crippen LogP contribution < -0.4 is 0 Å². The van der Waals surface area contributed by atoms with Gasteiger partial charge in [0.1, 0.15) is 0 Å². The molecule has 0 aliphatic carbocycles. The lowest BCUT2D eigenvalue weighted by molar-refractivity contribution is 0.0690. The van der Waals surface area contributed by atoms with Crippen LogP contribution in [0.5, 0.6) is 0 Å². The monoisotopic (exact) mass is 180 g/mol. The van der Waals surface area contributed by atoms with Gasteiger partial charge in [0.05, 0.1) is 11.9 Å². The summed E-state index contributed by atoms with van der Waals surface area (Å²) in [4.78, 5) is 18.3. The molecule has 0 spiro atoms. The fourth-order valence-electron chi connectivity index (χ4n) is 0.912. The molecule has 1 unspecified atom stereocenters. The number of carboxylic acids is 1. The topological polar surface area (TPSA) is 63.1 Å². The molecule has 0 radical (unpaired) electrons. The molecule has 0 amide bonds. The fourth-order valence-corrected chi connectivity index (χ4v) is 0.912. The first-order valence-corrected chi connectivity index (χ1v) is 4.20. The number of carbonyl (C=O) groups is 1. The van der Waals surface area contributed by atoms with Gasteiger partial charge in [0.15, 0.2) is 5.69 Å². The quantitative estimate of drug-likeness (QED) is 0.768. The first-order chi connectivity index (χ1) is 6.15. The lowest BCUT2D eigenvalue weighted by Gasteiger charge is -2.06. The van der Waals surface area contributed by atoms with Crippen molar-refractivity contribution in [2.24, 2.45) is 0 Å². The normalized spacial score (nSPS) is 12.5. The average Bonchev–Trinajstić information content (AvgIpc) is 2.17. The highest BCUT2D eigenvalue weighted by Gasteiger charge is 2.08. The Hall–Kier alpha value is -1.45. The van der Waals surface area contributed by atoms with E-state index in [4.69, 9.17) is 5.11 Å². The largest absolute Gasteiger partial charge is 0.476 e. The summed E-state index contributed by atoms with van der Waals surface area (Å²) in [5.74, 6) is -0.710. The summed E-state index contributed by atoms with van der Waals surface area (Å²) >= 11 is 0. The number of hydrogen-bond acceptors (Lipinski definition) is 3. The zero-order chi connectivity index (χ0) is 9.84. The van der Waals surface area contributed by atoms with Crippen molar-refractivity contribution in [3.05, 3.63) is 23.8 Å². The van der Waals surface area contributed by atoms with Crippen molar-refractivity contribution in [2.75, 3.05) is 0 Å². The number of aromatic carboxylic acids is 1. The molecule has 1 aromatic rings. The zero-order valence-electron chi connectivity index (χ0n) is 7.69. The average molecular weight is 180 g/mol. The molecule has 0 bridgehead atoms. The van der Waals surface area contributed by atoms with E-state index in [2.05, 4.69) is 16.9 Å². The third-order valence-electron chi connectivity index (χ3n) is 2.01. The van der Waals surface area contributed by atoms with E-state index in [0.717, 1.165) is 12.1 Å². The number of aromatic nitrogens is 2. The van der Waals surface area contributed by atoms with Crippen molar-refractivity contribution in [3.8, 4) is 0 Å². The van der Waals surface area contributed by atoms with E-state index in [9.17, 15) is 4.79 Å². The smallest absolute Gasteiger partial charge is 0.356 e. The molecule has 0 aliphatic rings. The molecule has 1 atom stereocenters. The predicted molar refractivity (Wildman–Crippen MR) is 47.7 cm³/mol. The Balaban J connectivity index is 2.87. The van der Waals surface area contributed by atoms with Crippen LogP contribution in [0.15, 0.2) is 12.4 Å². The second kappa shape index (κ2) is 3.98. The Kier molecular flexibility index (Phi) is 2.95. The van der Waals surface area contributed by atoms with Crippen LogP contribution in [0.1, 0.15) is 42.4 Å². The van der Waals surface area contributed by atoms with Gasteiger partial charge in [-0.15, -0.1) is 0 Å². The maximum atomic E-state index is 10.4. The molecule has 0 saturated heterocycles. The first kappa shape index (κ1) is 9.64. The Morgan fingerprint density at radius 1 is 1.54 bits per heavy atom. The van der Waals surface area contributed by atoms with Gasteiger partial charge in [-0.2, -0.15) is 0 Å². The molecule has 1 N–H and O–H groups in total. The summed E-state index contributed by atoms with van der Waals surface area (Å²) in [6.45, 7) is 4.09. The maximum Gasteiger partial charge on any atom is 0.356 e. The van der Waals surface area contributed by atoms with E-state index in [0.29, 0.717) is 5.92 Å². The molecule has 1 aromatic heterocycles. The molecule has 13 heavy (non-hydrogen) atoms. The van der Waals surface area contributed by atoms with Gasteiger partial charge in [-0.3, -0.25) is 4.98 Å². The summed E-state index contributed by atoms with van der Waals surface area (Å²) < 4.78 is 0. The molecule has 0 fully saturated rings. The van der Waals surface area contributed by atoms with Crippen LogP contribution in [0.4, 0.5) is 0 Å². The standard InChI is InChI=1S/C9H12N2O2/c1-3-6(2)7-4-11-8(5-10-7)9(12)13/h4-6H,3H2,1-2H3,(H,12,13). The van der Waals surface area contributed by atoms with Crippen LogP contribution in [0, 0.1) is 0 Å². The van der Waals surface area contributed by atoms with E-state index in [1.54, 1.807) is 0 Å². The van der Waals surface area contributed by atoms with E-state index in [1.165, 1.54) is 12.4 Å². The van der Waals surface area contributed by atoms with E-state index in [1.807, 2.05) is 6.92 Å². The van der Waals surface area contributed by atoms with E-state index >= 15 is 0 Å². The SMILES string of the molecule is CCC(C)c1cnc(C(=O)O)cn1. The minimum atomic E-state index is -1.04. The van der Waals surface area contributed by atoms with Crippen LogP contribution in [-0.2, 0) is 0 Å². The zero-order valence-corrected chi connectivity index (χ0v) is 7.69. The molecule has 0 saturated carbocycles. The molecular weight excluding hydrogens is 168 g/mol. The predicted octanol–water partition coefficient (Wildman–Crippen LogP) is 1.69. The molecule has 0 aromatic carbocycles. The molecule has 1 heterocycles. The number of hydrogen-bond donors (Lipinski definition) is 1. The highest BCUT2D eigenvalue weighted by molar-refractivity contribution is 5.84. The minimum Gasteiger partial charge on any atom is -0.476 e. The van der Waals surface area contributed by atoms with Gasteiger partial charge in [-0.05, 0) is 12.3 Å². The summed E-state index contributed by atoms with van der Waals surface area (Å²) in [6, 6.07) is 0. The molecule has 4 heteroatoms. The van der Waals surface area contributed by atoms with Crippen molar-refractivity contribution in [1.82, 2.24) is 9.97 Å². The number of rotatable bonds is 3. The highest BCUT2D eigenvalue weighted by atomic mass is 16.4. The Labute approximate surface area is 76.7 Å². The Morgan fingerprint density at radius 2 is 2.23 bits per heavy atom. The minimum absolute atomic E-state index is 0.00736. The Bertz CT molecular complexity index is 295. The van der Waals surface area contributed by atoms with Crippen LogP contribution in [0.3, 0.4) is 0 Å². The number of carboxylic acid groups (broad SMARTS) is 1. The third-order valence-corrected chi connectivity index (χ3v) is 2.01. The van der Waals surface area contributed by atoms with E-state index in [-0.39, 0.29) is 5.69 Å². The van der Waals surface area contributed by atoms with Crippen molar-refractivity contribution in [2.45, 2.75) is 26.2 Å². The van der Waals surface area contributed by atoms with Crippen molar-refractivity contribution >= 4 is 5.97 Å².